The molecule has 2 unspecified atom stereocenters. The minimum atomic E-state index is -0.424. The number of hydrogen-bond donors (Lipinski definition) is 2. The molecule has 2 atom stereocenters. The quantitative estimate of drug-likeness (QED) is 0.358. The van der Waals surface area contributed by atoms with Gasteiger partial charge in [-0.1, -0.05) is 53.5 Å². The molecular formula is C29H28Cl2N2O3. The zero-order valence-corrected chi connectivity index (χ0v) is 21.9. The highest BCUT2D eigenvalue weighted by atomic mass is 35.5. The summed E-state index contributed by atoms with van der Waals surface area (Å²) in [6.07, 6.45) is 1.08. The number of ether oxygens (including phenoxy) is 2. The number of Topliss-reactive ketones (excluding diaryl/α,β-unsaturated/α-hetero) is 1. The molecule has 1 aliphatic carbocycles. The first-order chi connectivity index (χ1) is 17.4. The lowest BCUT2D eigenvalue weighted by Gasteiger charge is -2.30. The lowest BCUT2D eigenvalue weighted by Crippen LogP contribution is -2.27. The highest BCUT2D eigenvalue weighted by molar-refractivity contribution is 6.42. The summed E-state index contributed by atoms with van der Waals surface area (Å²) in [4.78, 5) is 13.8. The highest BCUT2D eigenvalue weighted by Crippen LogP contribution is 2.46. The average molecular weight is 523 g/mol. The summed E-state index contributed by atoms with van der Waals surface area (Å²) in [6, 6.07) is 19.0. The molecule has 0 amide bonds. The van der Waals surface area contributed by atoms with Crippen molar-refractivity contribution in [3.8, 4) is 11.5 Å². The van der Waals surface area contributed by atoms with E-state index in [2.05, 4.69) is 10.6 Å². The van der Waals surface area contributed by atoms with E-state index in [9.17, 15) is 4.79 Å². The maximum Gasteiger partial charge on any atom is 0.163 e. The van der Waals surface area contributed by atoms with Crippen LogP contribution in [-0.4, -0.2) is 19.0 Å². The zero-order valence-electron chi connectivity index (χ0n) is 20.4. The van der Waals surface area contributed by atoms with E-state index in [-0.39, 0.29) is 17.8 Å². The second kappa shape index (κ2) is 10.1. The summed E-state index contributed by atoms with van der Waals surface area (Å²) < 4.78 is 11.5. The zero-order chi connectivity index (χ0) is 25.4. The van der Waals surface area contributed by atoms with Gasteiger partial charge in [0, 0.05) is 17.7 Å². The van der Waals surface area contributed by atoms with Crippen LogP contribution in [0.5, 0.6) is 11.5 Å². The van der Waals surface area contributed by atoms with Gasteiger partial charge in [-0.05, 0) is 67.6 Å². The molecule has 186 valence electrons. The highest BCUT2D eigenvalue weighted by Gasteiger charge is 2.37. The SMILES string of the molecule is COc1cc(C2CC(=O)C3=C(C2)Nc2ccccc2NC3c2cccc(Cl)c2Cl)ccc1OC(C)C. The van der Waals surface area contributed by atoms with Crippen molar-refractivity contribution in [3.05, 3.63) is 93.1 Å². The lowest BCUT2D eigenvalue weighted by atomic mass is 9.78. The van der Waals surface area contributed by atoms with Crippen molar-refractivity contribution < 1.29 is 14.3 Å². The number of methoxy groups -OCH3 is 1. The van der Waals surface area contributed by atoms with Crippen molar-refractivity contribution in [2.45, 2.75) is 44.8 Å². The van der Waals surface area contributed by atoms with Gasteiger partial charge in [-0.15, -0.1) is 0 Å². The fraction of sp³-hybridized carbons (Fsp3) is 0.276. The Labute approximate surface area is 221 Å². The maximum absolute atomic E-state index is 13.8. The van der Waals surface area contributed by atoms with Gasteiger partial charge in [0.05, 0.1) is 40.7 Å². The van der Waals surface area contributed by atoms with Gasteiger partial charge in [-0.2, -0.15) is 0 Å². The molecule has 1 aliphatic heterocycles. The number of para-hydroxylation sites is 2. The monoisotopic (exact) mass is 522 g/mol. The van der Waals surface area contributed by atoms with Crippen molar-refractivity contribution in [1.29, 1.82) is 0 Å². The lowest BCUT2D eigenvalue weighted by molar-refractivity contribution is -0.116. The van der Waals surface area contributed by atoms with Gasteiger partial charge < -0.3 is 20.1 Å². The van der Waals surface area contributed by atoms with Gasteiger partial charge in [0.25, 0.3) is 0 Å². The number of nitrogens with one attached hydrogen (secondary N) is 2. The number of hydrogen-bond acceptors (Lipinski definition) is 5. The first kappa shape index (κ1) is 24.5. The number of carbonyl (C=O) groups excluding carboxylic acids is 1. The van der Waals surface area contributed by atoms with Crippen LogP contribution in [0.3, 0.4) is 0 Å². The molecule has 3 aromatic carbocycles. The number of anilines is 2. The molecule has 0 spiro atoms. The molecule has 0 radical (unpaired) electrons. The molecule has 2 N–H and O–H groups in total. The summed E-state index contributed by atoms with van der Waals surface area (Å²) in [5.41, 5.74) is 5.20. The van der Waals surface area contributed by atoms with Crippen LogP contribution in [-0.2, 0) is 4.79 Å². The van der Waals surface area contributed by atoms with Crippen molar-refractivity contribution in [2.75, 3.05) is 17.7 Å². The second-order valence-corrected chi connectivity index (χ2v) is 10.2. The number of fused-ring (bicyclic) bond motifs is 1. The third kappa shape index (κ3) is 4.65. The van der Waals surface area contributed by atoms with E-state index in [4.69, 9.17) is 32.7 Å². The van der Waals surface area contributed by atoms with Crippen LogP contribution in [0, 0.1) is 0 Å². The van der Waals surface area contributed by atoms with E-state index in [1.165, 1.54) is 0 Å². The summed E-state index contributed by atoms with van der Waals surface area (Å²) >= 11 is 13.0. The predicted molar refractivity (Wildman–Crippen MR) is 146 cm³/mol. The van der Waals surface area contributed by atoms with Crippen molar-refractivity contribution in [3.63, 3.8) is 0 Å². The number of allylic oxidation sites excluding steroid dienone is 1. The number of halogens is 2. The smallest absolute Gasteiger partial charge is 0.163 e. The standard InChI is InChI=1S/C29H28Cl2N2O3/c1-16(2)36-25-12-11-17(15-26(25)35-3)18-13-23-27(24(34)14-18)29(19-7-6-8-20(30)28(19)31)33-22-10-5-4-9-21(22)32-23/h4-12,15-16,18,29,32-33H,13-14H2,1-3H3. The average Bonchev–Trinajstić information content (AvgIpc) is 3.02. The molecule has 0 bridgehead atoms. The second-order valence-electron chi connectivity index (χ2n) is 9.39. The van der Waals surface area contributed by atoms with Crippen LogP contribution in [0.15, 0.2) is 71.9 Å². The van der Waals surface area contributed by atoms with Gasteiger partial charge in [0.15, 0.2) is 17.3 Å². The Morgan fingerprint density at radius 2 is 1.72 bits per heavy atom. The largest absolute Gasteiger partial charge is 0.493 e. The summed E-state index contributed by atoms with van der Waals surface area (Å²) in [6.45, 7) is 3.96. The van der Waals surface area contributed by atoms with Gasteiger partial charge >= 0.3 is 0 Å². The predicted octanol–water partition coefficient (Wildman–Crippen LogP) is 7.77. The van der Waals surface area contributed by atoms with Crippen LogP contribution in [0.25, 0.3) is 0 Å². The van der Waals surface area contributed by atoms with E-state index in [1.807, 2.05) is 68.4 Å². The van der Waals surface area contributed by atoms with Crippen LogP contribution in [0.4, 0.5) is 11.4 Å². The van der Waals surface area contributed by atoms with Crippen LogP contribution in [0.2, 0.25) is 10.0 Å². The fourth-order valence-corrected chi connectivity index (χ4v) is 5.41. The minimum absolute atomic E-state index is 0.00787. The Kier molecular flexibility index (Phi) is 6.87. The van der Waals surface area contributed by atoms with Crippen molar-refractivity contribution in [1.82, 2.24) is 0 Å². The molecule has 0 fully saturated rings. The number of ketones is 1. The summed E-state index contributed by atoms with van der Waals surface area (Å²) in [7, 11) is 1.63. The van der Waals surface area contributed by atoms with Crippen LogP contribution in [0.1, 0.15) is 49.8 Å². The molecule has 0 saturated heterocycles. The Morgan fingerprint density at radius 1 is 0.944 bits per heavy atom. The minimum Gasteiger partial charge on any atom is -0.493 e. The first-order valence-corrected chi connectivity index (χ1v) is 12.8. The normalized spacial score (nSPS) is 19.1. The molecule has 5 rings (SSSR count). The van der Waals surface area contributed by atoms with Crippen LogP contribution >= 0.6 is 23.2 Å². The van der Waals surface area contributed by atoms with E-state index < -0.39 is 6.04 Å². The fourth-order valence-electron chi connectivity index (χ4n) is 4.99. The Balaban J connectivity index is 1.57. The Bertz CT molecular complexity index is 1350. The van der Waals surface area contributed by atoms with Gasteiger partial charge in [-0.3, -0.25) is 4.79 Å². The summed E-state index contributed by atoms with van der Waals surface area (Å²) in [5, 5.41) is 8.01. The Morgan fingerprint density at radius 3 is 2.47 bits per heavy atom. The molecule has 7 heteroatoms. The molecule has 5 nitrogen and oxygen atoms in total. The topological polar surface area (TPSA) is 59.6 Å². The third-order valence-corrected chi connectivity index (χ3v) is 7.46. The molecule has 0 saturated carbocycles. The van der Waals surface area contributed by atoms with E-state index >= 15 is 0 Å². The number of benzene rings is 3. The molecule has 0 aromatic heterocycles. The molecule has 36 heavy (non-hydrogen) atoms. The van der Waals surface area contributed by atoms with Gasteiger partial charge in [0.2, 0.25) is 0 Å². The van der Waals surface area contributed by atoms with E-state index in [0.29, 0.717) is 40.0 Å². The van der Waals surface area contributed by atoms with Gasteiger partial charge in [-0.25, -0.2) is 0 Å². The van der Waals surface area contributed by atoms with Crippen molar-refractivity contribution >= 4 is 40.4 Å². The summed E-state index contributed by atoms with van der Waals surface area (Å²) in [5.74, 6) is 1.42. The van der Waals surface area contributed by atoms with Crippen LogP contribution < -0.4 is 20.1 Å². The Hall–Kier alpha value is -3.15. The van der Waals surface area contributed by atoms with Gasteiger partial charge in [0.1, 0.15) is 0 Å². The number of carbonyl (C=O) groups is 1. The third-order valence-electron chi connectivity index (χ3n) is 6.62. The molecular weight excluding hydrogens is 495 g/mol. The first-order valence-electron chi connectivity index (χ1n) is 12.0. The van der Waals surface area contributed by atoms with E-state index in [0.717, 1.165) is 28.2 Å². The molecule has 2 aliphatic rings. The molecule has 3 aromatic rings. The molecule has 1 heterocycles. The van der Waals surface area contributed by atoms with Crippen molar-refractivity contribution in [2.24, 2.45) is 0 Å². The van der Waals surface area contributed by atoms with E-state index in [1.54, 1.807) is 13.2 Å². The maximum atomic E-state index is 13.8. The number of rotatable bonds is 5.